The first-order chi connectivity index (χ1) is 58.3. The molecule has 0 aliphatic carbocycles. The number of carboxylic acid groups (broad SMARTS) is 2. The summed E-state index contributed by atoms with van der Waals surface area (Å²) in [5.74, 6) is -1.72. The lowest BCUT2D eigenvalue weighted by molar-refractivity contribution is -0.148. The van der Waals surface area contributed by atoms with Crippen LogP contribution < -0.4 is 0 Å². The Morgan fingerprint density at radius 1 is 0.274 bits per heavy atom. The Labute approximate surface area is 761 Å². The van der Waals surface area contributed by atoms with Gasteiger partial charge >= 0.3 is 55.7 Å². The molecular weight excluding hydrogens is 1810 g/mol. The molecule has 0 aliphatic heterocycles. The van der Waals surface area contributed by atoms with Gasteiger partial charge in [-0.15, -0.1) is 77.5 Å². The quantitative estimate of drug-likeness (QED) is 0.0169. The number of carboxylic acids is 2. The van der Waals surface area contributed by atoms with Crippen LogP contribution in [0.15, 0.2) is 0 Å². The van der Waals surface area contributed by atoms with E-state index in [1.165, 1.54) is 75.7 Å². The Morgan fingerprint density at radius 3 is 0.911 bits per heavy atom. The van der Waals surface area contributed by atoms with Crippen molar-refractivity contribution in [3.05, 3.63) is 0 Å². The normalized spacial score (nSPS) is 12.3. The average Bonchev–Trinajstić information content (AvgIpc) is 0.964. The van der Waals surface area contributed by atoms with E-state index in [9.17, 15) is 28.8 Å². The fraction of sp³-hybridized carbons (Fsp3) is 0.927. The molecule has 7 N–H and O–H groups in total. The third-order valence-electron chi connectivity index (χ3n) is 15.4. The maximum absolute atomic E-state index is 11.5. The largest absolute Gasteiger partial charge is 0.481 e. The summed E-state index contributed by atoms with van der Waals surface area (Å²) < 4.78 is 129. The van der Waals surface area contributed by atoms with Crippen molar-refractivity contribution >= 4 is 123 Å². The van der Waals surface area contributed by atoms with Gasteiger partial charge in [-0.25, -0.2) is 0 Å². The van der Waals surface area contributed by atoms with Crippen molar-refractivity contribution < 1.29 is 150 Å². The number of ether oxygens (including phenoxy) is 10. The highest BCUT2D eigenvalue weighted by Gasteiger charge is 2.18. The molecule has 0 saturated heterocycles. The summed E-state index contributed by atoms with van der Waals surface area (Å²) >= 11 is 0. The average molecular weight is 1980 g/mol. The predicted molar refractivity (Wildman–Crippen MR) is 511 cm³/mol. The molecule has 0 spiro atoms. The van der Waals surface area contributed by atoms with Crippen LogP contribution in [0.4, 0.5) is 0 Å². The lowest BCUT2D eigenvalue weighted by atomic mass is 10.3. The Bertz CT molecular complexity index is 2570. The molecule has 0 amide bonds. The maximum Gasteiger partial charge on any atom is 0.425 e. The Morgan fingerprint density at radius 2 is 0.581 bits per heavy atom. The number of aliphatic carboxylic acids is 2. The Kier molecular flexibility index (Phi) is 129. The van der Waals surface area contributed by atoms with Gasteiger partial charge in [0.1, 0.15) is 11.6 Å². The fourth-order valence-electron chi connectivity index (χ4n) is 9.75. The minimum atomic E-state index is -3.11. The summed E-state index contributed by atoms with van der Waals surface area (Å²) in [4.78, 5) is 66.1. The molecule has 0 saturated carbocycles. The molecule has 0 rings (SSSR count). The highest BCUT2D eigenvalue weighted by Crippen LogP contribution is 2.42. The van der Waals surface area contributed by atoms with E-state index in [1.807, 2.05) is 41.5 Å². The molecule has 0 heterocycles. The first-order valence-corrected chi connectivity index (χ1v) is 59.4. The van der Waals surface area contributed by atoms with Gasteiger partial charge in [-0.05, 0) is 287 Å². The maximum atomic E-state index is 11.5. The topological polar surface area (TPSA) is 490 Å². The minimum Gasteiger partial charge on any atom is -0.481 e. The van der Waals surface area contributed by atoms with E-state index in [2.05, 4.69) is 55.4 Å². The highest BCUT2D eigenvalue weighted by atomic mass is 32.2. The SMILES string of the molecule is CC(=O)CCCP(CCCC(=O)O)CCCC(=O)OC(C)C.CC(=O)CCP(CCC(=O)O)CCC(=O)OC(C)C.CCCCP(CCCO)CCCOC(C)C.CCCP(CCO)CCOC(C)C.COCCCP(CCCO)CCCOC(C)C.COCCP(CCO)CCOC(C)C.COCP(CO)COC(C)C.O=S(=O)=O.O=S(=O)=O.O=S(=O)=O. The number of ketones is 2. The van der Waals surface area contributed by atoms with E-state index in [0.29, 0.717) is 108 Å². The van der Waals surface area contributed by atoms with Crippen LogP contribution in [-0.2, 0) is 108 Å². The van der Waals surface area contributed by atoms with Gasteiger partial charge in [0, 0.05) is 106 Å². The predicted octanol–water partition coefficient (Wildman–Crippen LogP) is 14.1. The number of aliphatic hydroxyl groups excluding tert-OH is 5. The lowest BCUT2D eigenvalue weighted by Gasteiger charge is -2.17. The monoisotopic (exact) mass is 1980 g/mol. The van der Waals surface area contributed by atoms with Crippen molar-refractivity contribution in [1.29, 1.82) is 0 Å². The van der Waals surface area contributed by atoms with Crippen LogP contribution in [0.1, 0.15) is 234 Å². The second kappa shape index (κ2) is 112. The first-order valence-electron chi connectivity index (χ1n) is 43.1. The van der Waals surface area contributed by atoms with Gasteiger partial charge in [-0.1, -0.05) is 34.6 Å². The third-order valence-corrected chi connectivity index (χ3v) is 33.2. The van der Waals surface area contributed by atoms with E-state index in [0.717, 1.165) is 127 Å². The molecule has 746 valence electrons. The molecule has 0 aliphatic rings. The lowest BCUT2D eigenvalue weighted by Crippen LogP contribution is -2.13. The van der Waals surface area contributed by atoms with Crippen molar-refractivity contribution in [3.63, 3.8) is 0 Å². The zero-order valence-electron chi connectivity index (χ0n) is 79.7. The summed E-state index contributed by atoms with van der Waals surface area (Å²) in [7, 11) is -5.42. The smallest absolute Gasteiger partial charge is 0.425 e. The van der Waals surface area contributed by atoms with Gasteiger partial charge in [0.25, 0.3) is 0 Å². The van der Waals surface area contributed by atoms with Gasteiger partial charge in [-0.2, -0.15) is 0 Å². The number of rotatable bonds is 69. The summed E-state index contributed by atoms with van der Waals surface area (Å²) in [6.07, 6.45) is 35.4. The number of aliphatic hydroxyl groups is 5. The van der Waals surface area contributed by atoms with Gasteiger partial charge in [0.05, 0.1) is 81.6 Å². The summed E-state index contributed by atoms with van der Waals surface area (Å²) in [6.45, 7) is 41.8. The summed E-state index contributed by atoms with van der Waals surface area (Å²) in [5, 5.41) is 61.7. The molecule has 7 unspecified atom stereocenters. The van der Waals surface area contributed by atoms with Crippen molar-refractivity contribution in [3.8, 4) is 0 Å². The second-order valence-corrected chi connectivity index (χ2v) is 49.2. The Hall–Kier alpha value is -1.43. The summed E-state index contributed by atoms with van der Waals surface area (Å²) in [6, 6.07) is 0. The van der Waals surface area contributed by atoms with Crippen LogP contribution >= 0.6 is 55.5 Å². The molecule has 0 radical (unpaired) electrons. The minimum absolute atomic E-state index is 0.0335. The molecule has 124 heavy (non-hydrogen) atoms. The van der Waals surface area contributed by atoms with Gasteiger partial charge in [0.2, 0.25) is 0 Å². The van der Waals surface area contributed by atoms with Crippen LogP contribution in [0, 0.1) is 0 Å². The molecule has 0 aromatic heterocycles. The third kappa shape index (κ3) is 155. The number of hydrogen-bond donors (Lipinski definition) is 7. The zero-order valence-corrected chi connectivity index (χ0v) is 88.4. The molecule has 0 fully saturated rings. The zero-order chi connectivity index (χ0) is 97.3. The molecule has 7 atom stereocenters. The molecule has 0 aromatic carbocycles. The van der Waals surface area contributed by atoms with Crippen LogP contribution in [0.5, 0.6) is 0 Å². The van der Waals surface area contributed by atoms with E-state index in [1.54, 1.807) is 42.1 Å². The number of carbonyl (C=O) groups is 6. The highest BCUT2D eigenvalue weighted by molar-refractivity contribution is 7.60. The second-order valence-electron chi connectivity index (χ2n) is 29.7. The van der Waals surface area contributed by atoms with Crippen molar-refractivity contribution in [2.45, 2.75) is 277 Å². The molecular formula is C82H173O32P7S3. The van der Waals surface area contributed by atoms with Crippen LogP contribution in [0.2, 0.25) is 0 Å². The van der Waals surface area contributed by atoms with Crippen molar-refractivity contribution in [2.24, 2.45) is 0 Å². The van der Waals surface area contributed by atoms with Crippen molar-refractivity contribution in [1.82, 2.24) is 0 Å². The number of carbonyl (C=O) groups excluding carboxylic acids is 4. The number of unbranched alkanes of at least 4 members (excludes halogenated alkanes) is 1. The van der Waals surface area contributed by atoms with Gasteiger partial charge in [0.15, 0.2) is 0 Å². The fourth-order valence-corrected chi connectivity index (χ4v) is 24.4. The van der Waals surface area contributed by atoms with Gasteiger partial charge < -0.3 is 92.7 Å². The molecule has 42 heteroatoms. The van der Waals surface area contributed by atoms with Crippen LogP contribution in [0.25, 0.3) is 0 Å². The van der Waals surface area contributed by atoms with E-state index in [4.69, 9.17) is 121 Å². The van der Waals surface area contributed by atoms with E-state index >= 15 is 0 Å². The van der Waals surface area contributed by atoms with Gasteiger partial charge in [-0.3, -0.25) is 19.2 Å². The van der Waals surface area contributed by atoms with E-state index in [-0.39, 0.29) is 107 Å². The number of hydrogen-bond acceptors (Lipinski definition) is 30. The van der Waals surface area contributed by atoms with Crippen LogP contribution in [0.3, 0.4) is 0 Å². The number of esters is 2. The molecule has 32 nitrogen and oxygen atoms in total. The molecule has 0 aromatic rings. The number of Topliss-reactive ketones (excluding diaryl/α,β-unsaturated/α-hetero) is 2. The van der Waals surface area contributed by atoms with E-state index < -0.39 is 59.6 Å². The van der Waals surface area contributed by atoms with Crippen LogP contribution in [-0.4, -0.2) is 369 Å². The first kappa shape index (κ1) is 143. The standard InChI is InChI=1S/C16H29O5P.C13H23O5P.C13H29O3P.C13H29O2P.C10H23O3P.C10H23O2P.C7H17O3P.3O3S/c1-13(2)21-16(20)9-6-12-22(10-4-7-14(3)17)11-5-8-15(18)19;1-10(2)18-13(17)6-9-19(7-4-11(3)14)8-5-12(15)16;1-13(2)16-9-6-12-17(10-4-7-14)11-5-8-15-3;1-4-5-10-16(11-6-8-14)12-7-9-15-13(2)3;1-10(2)13-6-9-14(7-4-11)8-5-12-3;1-4-7-13(8-5-11)9-6-12-10(2)3;1-7(2)10-6-11(4-8)5-9-3;3*1-4(2)3/h13H,4-12H2,1-3H3,(H,18,19);10H,4-9H2,1-3H3,(H,15,16);13-14H,4-12H2,1-3H3;13-14H,4-12H2,1-3H3;10-11H,4-9H2,1-3H3;10-11H,4-9H2,1-3H3;7-8H,4-6H2,1-3H3;;;. The molecule has 0 bridgehead atoms. The Balaban J connectivity index is -0.000000150. The number of methoxy groups -OCH3 is 3. The summed E-state index contributed by atoms with van der Waals surface area (Å²) in [5.41, 5.74) is 0. The van der Waals surface area contributed by atoms with Crippen molar-refractivity contribution in [2.75, 3.05) is 217 Å².